The van der Waals surface area contributed by atoms with E-state index in [-0.39, 0.29) is 5.54 Å². The van der Waals surface area contributed by atoms with E-state index in [1.54, 1.807) is 0 Å². The van der Waals surface area contributed by atoms with Crippen molar-refractivity contribution in [3.8, 4) is 11.4 Å². The van der Waals surface area contributed by atoms with E-state index in [4.69, 9.17) is 10.5 Å². The molecule has 0 aliphatic carbocycles. The molecule has 1 saturated heterocycles. The van der Waals surface area contributed by atoms with E-state index in [1.165, 1.54) is 0 Å². The Kier molecular flexibility index (Phi) is 3.02. The average molecular weight is 324 g/mol. The van der Waals surface area contributed by atoms with Crippen molar-refractivity contribution < 1.29 is 4.74 Å². The fourth-order valence-corrected chi connectivity index (χ4v) is 2.81. The van der Waals surface area contributed by atoms with Crippen LogP contribution in [0.15, 0.2) is 22.7 Å². The smallest absolute Gasteiger partial charge is 0.182 e. The third kappa shape index (κ3) is 2.23. The first-order chi connectivity index (χ1) is 9.08. The number of nitrogens with zero attached hydrogens (tertiary/aromatic N) is 4. The summed E-state index contributed by atoms with van der Waals surface area (Å²) in [7, 11) is 0. The van der Waals surface area contributed by atoms with Gasteiger partial charge in [0.05, 0.1) is 12.1 Å². The Balaban J connectivity index is 2.09. The zero-order chi connectivity index (χ0) is 13.5. The number of nitrogen functional groups attached to an aromatic ring is 1. The Morgan fingerprint density at radius 2 is 2.26 bits per heavy atom. The number of aromatic nitrogens is 4. The maximum Gasteiger partial charge on any atom is 0.182 e. The number of rotatable bonds is 2. The van der Waals surface area contributed by atoms with Gasteiger partial charge in [-0.15, -0.1) is 5.10 Å². The van der Waals surface area contributed by atoms with Gasteiger partial charge in [-0.2, -0.15) is 0 Å². The highest BCUT2D eigenvalue weighted by Crippen LogP contribution is 2.31. The van der Waals surface area contributed by atoms with Crippen molar-refractivity contribution in [1.82, 2.24) is 20.2 Å². The van der Waals surface area contributed by atoms with Gasteiger partial charge in [0.2, 0.25) is 0 Å². The van der Waals surface area contributed by atoms with Gasteiger partial charge < -0.3 is 10.5 Å². The van der Waals surface area contributed by atoms with Crippen LogP contribution in [-0.2, 0) is 10.3 Å². The van der Waals surface area contributed by atoms with E-state index in [1.807, 2.05) is 22.9 Å². The van der Waals surface area contributed by atoms with Crippen LogP contribution in [0.25, 0.3) is 11.4 Å². The van der Waals surface area contributed by atoms with Crippen LogP contribution >= 0.6 is 15.9 Å². The first kappa shape index (κ1) is 12.6. The quantitative estimate of drug-likeness (QED) is 0.853. The van der Waals surface area contributed by atoms with E-state index in [0.29, 0.717) is 18.1 Å². The lowest BCUT2D eigenvalue weighted by Gasteiger charge is -2.23. The molecule has 2 aromatic rings. The molecule has 1 atom stereocenters. The Labute approximate surface area is 119 Å². The van der Waals surface area contributed by atoms with Crippen molar-refractivity contribution in [2.45, 2.75) is 18.9 Å². The van der Waals surface area contributed by atoms with E-state index >= 15 is 0 Å². The van der Waals surface area contributed by atoms with Crippen LogP contribution in [0, 0.1) is 0 Å². The molecule has 6 nitrogen and oxygen atoms in total. The van der Waals surface area contributed by atoms with Crippen LogP contribution < -0.4 is 5.73 Å². The van der Waals surface area contributed by atoms with Gasteiger partial charge >= 0.3 is 0 Å². The molecule has 2 N–H and O–H groups in total. The SMILES string of the molecule is CC1(n2nnnc2-c2cc(N)cc(Br)c2)CCOC1. The summed E-state index contributed by atoms with van der Waals surface area (Å²) in [6, 6.07) is 5.67. The largest absolute Gasteiger partial charge is 0.399 e. The molecule has 1 fully saturated rings. The van der Waals surface area contributed by atoms with E-state index in [2.05, 4.69) is 38.4 Å². The zero-order valence-electron chi connectivity index (χ0n) is 10.5. The highest BCUT2D eigenvalue weighted by Gasteiger charge is 2.35. The maximum absolute atomic E-state index is 5.87. The molecular formula is C12H14BrN5O. The standard InChI is InChI=1S/C12H14BrN5O/c1-12(2-3-19-7-12)18-11(15-16-17-18)8-4-9(13)6-10(14)5-8/h4-6H,2-3,7,14H2,1H3. The molecule has 100 valence electrons. The molecule has 3 rings (SSSR count). The number of hydrogen-bond acceptors (Lipinski definition) is 5. The number of ether oxygens (including phenoxy) is 1. The number of benzene rings is 1. The summed E-state index contributed by atoms with van der Waals surface area (Å²) >= 11 is 3.44. The monoisotopic (exact) mass is 323 g/mol. The van der Waals surface area contributed by atoms with Crippen molar-refractivity contribution in [3.63, 3.8) is 0 Å². The first-order valence-corrected chi connectivity index (χ1v) is 6.81. The molecule has 0 saturated carbocycles. The van der Waals surface area contributed by atoms with E-state index in [9.17, 15) is 0 Å². The highest BCUT2D eigenvalue weighted by atomic mass is 79.9. The fourth-order valence-electron chi connectivity index (χ4n) is 2.30. The summed E-state index contributed by atoms with van der Waals surface area (Å²) in [5.74, 6) is 0.709. The van der Waals surface area contributed by atoms with Gasteiger partial charge in [0.25, 0.3) is 0 Å². The third-order valence-corrected chi connectivity index (χ3v) is 3.81. The molecule has 7 heteroatoms. The lowest BCUT2D eigenvalue weighted by molar-refractivity contribution is 0.155. The van der Waals surface area contributed by atoms with Gasteiger partial charge in [-0.05, 0) is 42.0 Å². The number of nitrogens with two attached hydrogens (primary N) is 1. The van der Waals surface area contributed by atoms with E-state index in [0.717, 1.165) is 23.1 Å². The summed E-state index contributed by atoms with van der Waals surface area (Å²) in [5.41, 5.74) is 7.24. The van der Waals surface area contributed by atoms with Crippen LogP contribution in [0.1, 0.15) is 13.3 Å². The van der Waals surface area contributed by atoms with Crippen LogP contribution in [0.3, 0.4) is 0 Å². The predicted molar refractivity (Wildman–Crippen MR) is 74.4 cm³/mol. The van der Waals surface area contributed by atoms with Crippen molar-refractivity contribution in [2.24, 2.45) is 0 Å². The minimum absolute atomic E-state index is 0.198. The molecule has 1 aliphatic heterocycles. The van der Waals surface area contributed by atoms with Gasteiger partial charge in [-0.25, -0.2) is 4.68 Å². The van der Waals surface area contributed by atoms with E-state index < -0.39 is 0 Å². The lowest BCUT2D eigenvalue weighted by Crippen LogP contribution is -2.32. The molecular weight excluding hydrogens is 310 g/mol. The summed E-state index contributed by atoms with van der Waals surface area (Å²) in [6.07, 6.45) is 0.897. The van der Waals surface area contributed by atoms with Crippen molar-refractivity contribution in [3.05, 3.63) is 22.7 Å². The van der Waals surface area contributed by atoms with Crippen LogP contribution in [-0.4, -0.2) is 33.4 Å². The average Bonchev–Trinajstić information content (AvgIpc) is 2.96. The van der Waals surface area contributed by atoms with Crippen LogP contribution in [0.2, 0.25) is 0 Å². The molecule has 0 amide bonds. The molecule has 0 radical (unpaired) electrons. The van der Waals surface area contributed by atoms with Gasteiger partial charge in [0, 0.05) is 22.3 Å². The Hall–Kier alpha value is -1.47. The second kappa shape index (κ2) is 4.57. The van der Waals surface area contributed by atoms with Crippen molar-refractivity contribution >= 4 is 21.6 Å². The van der Waals surface area contributed by atoms with Gasteiger partial charge in [0.1, 0.15) is 0 Å². The summed E-state index contributed by atoms with van der Waals surface area (Å²) in [6.45, 7) is 3.45. The van der Waals surface area contributed by atoms with Crippen LogP contribution in [0.4, 0.5) is 5.69 Å². The predicted octanol–water partition coefficient (Wildman–Crippen LogP) is 1.82. The third-order valence-electron chi connectivity index (χ3n) is 3.36. The number of tetrazole rings is 1. The number of hydrogen-bond donors (Lipinski definition) is 1. The van der Waals surface area contributed by atoms with Crippen molar-refractivity contribution in [2.75, 3.05) is 18.9 Å². The van der Waals surface area contributed by atoms with Crippen LogP contribution in [0.5, 0.6) is 0 Å². The molecule has 19 heavy (non-hydrogen) atoms. The topological polar surface area (TPSA) is 78.9 Å². The number of halogens is 1. The number of anilines is 1. The Bertz CT molecular complexity index is 586. The Morgan fingerprint density at radius 3 is 2.95 bits per heavy atom. The maximum atomic E-state index is 5.87. The second-order valence-electron chi connectivity index (χ2n) is 4.99. The molecule has 0 spiro atoms. The fraction of sp³-hybridized carbons (Fsp3) is 0.417. The highest BCUT2D eigenvalue weighted by molar-refractivity contribution is 9.10. The van der Waals surface area contributed by atoms with Crippen molar-refractivity contribution in [1.29, 1.82) is 0 Å². The summed E-state index contributed by atoms with van der Waals surface area (Å²) in [4.78, 5) is 0. The molecule has 1 unspecified atom stereocenters. The molecule has 0 bridgehead atoms. The Morgan fingerprint density at radius 1 is 1.42 bits per heavy atom. The normalized spacial score (nSPS) is 22.8. The molecule has 2 heterocycles. The zero-order valence-corrected chi connectivity index (χ0v) is 12.1. The first-order valence-electron chi connectivity index (χ1n) is 6.01. The van der Waals surface area contributed by atoms with Gasteiger partial charge in [-0.3, -0.25) is 0 Å². The van der Waals surface area contributed by atoms with Gasteiger partial charge in [-0.1, -0.05) is 15.9 Å². The second-order valence-corrected chi connectivity index (χ2v) is 5.90. The molecule has 1 aromatic carbocycles. The summed E-state index contributed by atoms with van der Waals surface area (Å²) in [5, 5.41) is 12.1. The minimum Gasteiger partial charge on any atom is -0.399 e. The van der Waals surface area contributed by atoms with Gasteiger partial charge in [0.15, 0.2) is 5.82 Å². The molecule has 1 aromatic heterocycles. The molecule has 1 aliphatic rings. The lowest BCUT2D eigenvalue weighted by atomic mass is 10.0. The minimum atomic E-state index is -0.198. The summed E-state index contributed by atoms with van der Waals surface area (Å²) < 4.78 is 8.21.